The van der Waals surface area contributed by atoms with Gasteiger partial charge in [-0.15, -0.1) is 0 Å². The molecule has 2 rings (SSSR count). The van der Waals surface area contributed by atoms with Crippen molar-refractivity contribution in [3.05, 3.63) is 0 Å². The average molecular weight is 225 g/mol. The number of rotatable bonds is 4. The van der Waals surface area contributed by atoms with Crippen LogP contribution in [0.4, 0.5) is 0 Å². The van der Waals surface area contributed by atoms with E-state index >= 15 is 0 Å². The Morgan fingerprint density at radius 3 is 2.69 bits per heavy atom. The second kappa shape index (κ2) is 6.02. The van der Waals surface area contributed by atoms with Crippen LogP contribution in [-0.2, 0) is 0 Å². The fraction of sp³-hybridized carbons (Fsp3) is 1.00. The van der Waals surface area contributed by atoms with E-state index in [0.717, 1.165) is 11.8 Å². The Morgan fingerprint density at radius 1 is 1.12 bits per heavy atom. The third-order valence-electron chi connectivity index (χ3n) is 4.67. The molecule has 2 fully saturated rings. The molecule has 1 saturated carbocycles. The van der Waals surface area contributed by atoms with Gasteiger partial charge in [-0.25, -0.2) is 0 Å². The molecule has 2 nitrogen and oxygen atoms in total. The first-order chi connectivity index (χ1) is 7.83. The summed E-state index contributed by atoms with van der Waals surface area (Å²) >= 11 is 0. The highest BCUT2D eigenvalue weighted by Crippen LogP contribution is 2.32. The van der Waals surface area contributed by atoms with Gasteiger partial charge in [0.2, 0.25) is 0 Å². The van der Waals surface area contributed by atoms with Crippen LogP contribution in [0.2, 0.25) is 0 Å². The largest absolute Gasteiger partial charge is 0.395 e. The Hall–Kier alpha value is -0.0800. The first-order valence-electron chi connectivity index (χ1n) is 7.18. The van der Waals surface area contributed by atoms with E-state index in [-0.39, 0.29) is 0 Å². The van der Waals surface area contributed by atoms with Crippen LogP contribution in [0.5, 0.6) is 0 Å². The van der Waals surface area contributed by atoms with Gasteiger partial charge in [-0.05, 0) is 44.1 Å². The molecule has 0 radical (unpaired) electrons. The van der Waals surface area contributed by atoms with Crippen molar-refractivity contribution in [1.29, 1.82) is 0 Å². The molecule has 2 heteroatoms. The van der Waals surface area contributed by atoms with Crippen LogP contribution >= 0.6 is 0 Å². The van der Waals surface area contributed by atoms with Crippen LogP contribution in [-0.4, -0.2) is 35.7 Å². The standard InChI is InChI=1S/C14H27NO/c1-2-12-5-3-6-13(9-12)10-15-8-4-7-14(15)11-16/h12-14,16H,2-11H2,1H3/t12?,13?,14-/m0/s1. The third-order valence-corrected chi connectivity index (χ3v) is 4.67. The van der Waals surface area contributed by atoms with Gasteiger partial charge in [0.05, 0.1) is 6.61 Å². The molecule has 3 atom stereocenters. The van der Waals surface area contributed by atoms with Crippen molar-refractivity contribution >= 4 is 0 Å². The van der Waals surface area contributed by atoms with E-state index in [1.165, 1.54) is 58.0 Å². The predicted octanol–water partition coefficient (Wildman–Crippen LogP) is 2.66. The molecule has 0 amide bonds. The first kappa shape index (κ1) is 12.4. The Balaban J connectivity index is 1.79. The van der Waals surface area contributed by atoms with Gasteiger partial charge in [-0.3, -0.25) is 4.90 Å². The number of likely N-dealkylation sites (tertiary alicyclic amines) is 1. The second-order valence-corrected chi connectivity index (χ2v) is 5.78. The highest BCUT2D eigenvalue weighted by Gasteiger charge is 2.28. The monoisotopic (exact) mass is 225 g/mol. The Bertz CT molecular complexity index is 207. The van der Waals surface area contributed by atoms with Gasteiger partial charge in [0.1, 0.15) is 0 Å². The molecule has 1 aliphatic carbocycles. The molecule has 16 heavy (non-hydrogen) atoms. The lowest BCUT2D eigenvalue weighted by Gasteiger charge is -2.33. The molecule has 94 valence electrons. The number of hydrogen-bond donors (Lipinski definition) is 1. The van der Waals surface area contributed by atoms with E-state index in [2.05, 4.69) is 11.8 Å². The molecule has 1 saturated heterocycles. The van der Waals surface area contributed by atoms with Crippen molar-refractivity contribution in [2.24, 2.45) is 11.8 Å². The molecule has 1 aliphatic heterocycles. The zero-order chi connectivity index (χ0) is 11.4. The maximum absolute atomic E-state index is 9.32. The SMILES string of the molecule is CCC1CCCC(CN2CCC[C@H]2CO)C1. The lowest BCUT2D eigenvalue weighted by molar-refractivity contribution is 0.121. The van der Waals surface area contributed by atoms with Crippen LogP contribution < -0.4 is 0 Å². The quantitative estimate of drug-likeness (QED) is 0.795. The molecule has 0 aromatic carbocycles. The van der Waals surface area contributed by atoms with Gasteiger partial charge in [-0.1, -0.05) is 26.2 Å². The van der Waals surface area contributed by atoms with Gasteiger partial charge in [0.25, 0.3) is 0 Å². The van der Waals surface area contributed by atoms with E-state index in [1.807, 2.05) is 0 Å². The van der Waals surface area contributed by atoms with Crippen LogP contribution in [0.1, 0.15) is 51.9 Å². The number of hydrogen-bond acceptors (Lipinski definition) is 2. The molecule has 1 N–H and O–H groups in total. The summed E-state index contributed by atoms with van der Waals surface area (Å²) in [6, 6.07) is 0.474. The maximum atomic E-state index is 9.32. The summed E-state index contributed by atoms with van der Waals surface area (Å²) in [5, 5.41) is 9.32. The van der Waals surface area contributed by atoms with Gasteiger partial charge in [-0.2, -0.15) is 0 Å². The van der Waals surface area contributed by atoms with E-state index < -0.39 is 0 Å². The van der Waals surface area contributed by atoms with Crippen LogP contribution in [0.25, 0.3) is 0 Å². The summed E-state index contributed by atoms with van der Waals surface area (Å²) in [4.78, 5) is 2.54. The van der Waals surface area contributed by atoms with E-state index in [1.54, 1.807) is 0 Å². The van der Waals surface area contributed by atoms with Crippen molar-refractivity contribution in [3.8, 4) is 0 Å². The van der Waals surface area contributed by atoms with Crippen LogP contribution in [0, 0.1) is 11.8 Å². The molecule has 0 aromatic rings. The maximum Gasteiger partial charge on any atom is 0.0586 e. The zero-order valence-electron chi connectivity index (χ0n) is 10.7. The van der Waals surface area contributed by atoms with Gasteiger partial charge in [0.15, 0.2) is 0 Å². The Labute approximate surface area is 100 Å². The zero-order valence-corrected chi connectivity index (χ0v) is 10.7. The van der Waals surface area contributed by atoms with Crippen molar-refractivity contribution < 1.29 is 5.11 Å². The fourth-order valence-corrected chi connectivity index (χ4v) is 3.61. The van der Waals surface area contributed by atoms with Crippen molar-refractivity contribution in [2.75, 3.05) is 19.7 Å². The molecule has 0 aromatic heterocycles. The predicted molar refractivity (Wildman–Crippen MR) is 67.4 cm³/mol. The summed E-state index contributed by atoms with van der Waals surface area (Å²) in [5.41, 5.74) is 0. The summed E-state index contributed by atoms with van der Waals surface area (Å²) in [5.74, 6) is 1.89. The van der Waals surface area contributed by atoms with E-state index in [0.29, 0.717) is 12.6 Å². The topological polar surface area (TPSA) is 23.5 Å². The molecule has 1 heterocycles. The van der Waals surface area contributed by atoms with Gasteiger partial charge in [0, 0.05) is 12.6 Å². The summed E-state index contributed by atoms with van der Waals surface area (Å²) in [7, 11) is 0. The summed E-state index contributed by atoms with van der Waals surface area (Å²) < 4.78 is 0. The fourth-order valence-electron chi connectivity index (χ4n) is 3.61. The molecular weight excluding hydrogens is 198 g/mol. The van der Waals surface area contributed by atoms with Crippen LogP contribution in [0.3, 0.4) is 0 Å². The molecule has 0 spiro atoms. The highest BCUT2D eigenvalue weighted by atomic mass is 16.3. The first-order valence-corrected chi connectivity index (χ1v) is 7.18. The number of aliphatic hydroxyl groups is 1. The lowest BCUT2D eigenvalue weighted by atomic mass is 9.80. The molecule has 0 bridgehead atoms. The summed E-state index contributed by atoms with van der Waals surface area (Å²) in [6.45, 7) is 5.17. The number of aliphatic hydroxyl groups excluding tert-OH is 1. The summed E-state index contributed by atoms with van der Waals surface area (Å²) in [6.07, 6.45) is 9.60. The lowest BCUT2D eigenvalue weighted by Crippen LogP contribution is -2.37. The third kappa shape index (κ3) is 2.98. The molecular formula is C14H27NO. The minimum absolute atomic E-state index is 0.365. The molecule has 2 unspecified atom stereocenters. The highest BCUT2D eigenvalue weighted by molar-refractivity contribution is 4.82. The van der Waals surface area contributed by atoms with Gasteiger partial charge < -0.3 is 5.11 Å². The Morgan fingerprint density at radius 2 is 1.94 bits per heavy atom. The van der Waals surface area contributed by atoms with E-state index in [9.17, 15) is 5.11 Å². The molecule has 2 aliphatic rings. The minimum Gasteiger partial charge on any atom is -0.395 e. The van der Waals surface area contributed by atoms with Gasteiger partial charge >= 0.3 is 0 Å². The van der Waals surface area contributed by atoms with Crippen molar-refractivity contribution in [3.63, 3.8) is 0 Å². The minimum atomic E-state index is 0.365. The average Bonchev–Trinajstić information content (AvgIpc) is 2.76. The normalized spacial score (nSPS) is 36.8. The van der Waals surface area contributed by atoms with Crippen molar-refractivity contribution in [1.82, 2.24) is 4.90 Å². The van der Waals surface area contributed by atoms with E-state index in [4.69, 9.17) is 0 Å². The second-order valence-electron chi connectivity index (χ2n) is 5.78. The smallest absolute Gasteiger partial charge is 0.0586 e. The van der Waals surface area contributed by atoms with Crippen molar-refractivity contribution in [2.45, 2.75) is 57.9 Å². The Kier molecular flexibility index (Phi) is 4.66. The van der Waals surface area contributed by atoms with Crippen LogP contribution in [0.15, 0.2) is 0 Å². The number of nitrogens with zero attached hydrogens (tertiary/aromatic N) is 1.